The van der Waals surface area contributed by atoms with Gasteiger partial charge in [0.2, 0.25) is 5.91 Å². The predicted molar refractivity (Wildman–Crippen MR) is 70.0 cm³/mol. The number of carbonyl (C=O) groups excluding carboxylic acids is 1. The third-order valence-corrected chi connectivity index (χ3v) is 2.12. The third-order valence-electron chi connectivity index (χ3n) is 2.12. The van der Waals surface area contributed by atoms with E-state index in [0.29, 0.717) is 5.69 Å². The van der Waals surface area contributed by atoms with Crippen LogP contribution in [0.4, 0.5) is 5.69 Å². The Morgan fingerprint density at radius 2 is 2.00 bits per heavy atom. The van der Waals surface area contributed by atoms with Gasteiger partial charge in [-0.25, -0.2) is 4.79 Å². The molecule has 0 aromatic heterocycles. The number of benzene rings is 1. The van der Waals surface area contributed by atoms with Crippen LogP contribution in [0.15, 0.2) is 30.3 Å². The van der Waals surface area contributed by atoms with E-state index in [1.54, 1.807) is 31.2 Å². The summed E-state index contributed by atoms with van der Waals surface area (Å²) in [5.74, 6) is -1.14. The summed E-state index contributed by atoms with van der Waals surface area (Å²) < 4.78 is 0. The molecule has 1 unspecified atom stereocenters. The molecule has 0 radical (unpaired) electrons. The number of rotatable bonds is 5. The highest BCUT2D eigenvalue weighted by Gasteiger charge is 2.04. The molecular formula is C13H16N2O3. The summed E-state index contributed by atoms with van der Waals surface area (Å²) in [4.78, 5) is 21.8. The van der Waals surface area contributed by atoms with Gasteiger partial charge < -0.3 is 16.2 Å². The van der Waals surface area contributed by atoms with Crippen LogP contribution in [0.3, 0.4) is 0 Å². The molecule has 1 atom stereocenters. The summed E-state index contributed by atoms with van der Waals surface area (Å²) in [7, 11) is 0. The smallest absolute Gasteiger partial charge is 0.328 e. The van der Waals surface area contributed by atoms with Crippen molar-refractivity contribution in [3.05, 3.63) is 35.9 Å². The van der Waals surface area contributed by atoms with E-state index in [2.05, 4.69) is 5.32 Å². The lowest BCUT2D eigenvalue weighted by molar-refractivity contribution is -0.131. The van der Waals surface area contributed by atoms with E-state index >= 15 is 0 Å². The van der Waals surface area contributed by atoms with Crippen LogP contribution in [0.25, 0.3) is 6.08 Å². The highest BCUT2D eigenvalue weighted by molar-refractivity contribution is 5.91. The molecule has 18 heavy (non-hydrogen) atoms. The molecule has 0 heterocycles. The van der Waals surface area contributed by atoms with Crippen molar-refractivity contribution in [2.75, 3.05) is 5.32 Å². The lowest BCUT2D eigenvalue weighted by Gasteiger charge is -2.07. The number of amides is 1. The zero-order valence-corrected chi connectivity index (χ0v) is 10.1. The number of carbonyl (C=O) groups is 2. The Bertz CT molecular complexity index is 450. The molecule has 0 aliphatic carbocycles. The summed E-state index contributed by atoms with van der Waals surface area (Å²) in [5, 5.41) is 11.2. The van der Waals surface area contributed by atoms with Crippen molar-refractivity contribution in [1.29, 1.82) is 0 Å². The van der Waals surface area contributed by atoms with E-state index in [4.69, 9.17) is 10.8 Å². The van der Waals surface area contributed by atoms with Crippen LogP contribution in [0.5, 0.6) is 0 Å². The molecule has 0 spiro atoms. The second-order valence-corrected chi connectivity index (χ2v) is 4.02. The third kappa shape index (κ3) is 5.27. The Morgan fingerprint density at radius 3 is 2.50 bits per heavy atom. The van der Waals surface area contributed by atoms with Crippen LogP contribution in [0, 0.1) is 0 Å². The molecule has 0 aliphatic rings. The first-order valence-electron chi connectivity index (χ1n) is 5.54. The zero-order chi connectivity index (χ0) is 13.5. The summed E-state index contributed by atoms with van der Waals surface area (Å²) in [5.41, 5.74) is 6.93. The lowest BCUT2D eigenvalue weighted by Crippen LogP contribution is -2.23. The van der Waals surface area contributed by atoms with Gasteiger partial charge >= 0.3 is 5.97 Å². The standard InChI is InChI=1S/C13H16N2O3/c1-9(14)8-12(16)15-11-5-2-10(3-6-11)4-7-13(17)18/h2-7,9H,8,14H2,1H3,(H,15,16)(H,17,18)/b7-4+. The van der Waals surface area contributed by atoms with Gasteiger partial charge in [-0.1, -0.05) is 12.1 Å². The largest absolute Gasteiger partial charge is 0.478 e. The van der Waals surface area contributed by atoms with Gasteiger partial charge in [0.15, 0.2) is 0 Å². The SMILES string of the molecule is CC(N)CC(=O)Nc1ccc(/C=C/C(=O)O)cc1. The number of nitrogens with one attached hydrogen (secondary N) is 1. The molecule has 1 aromatic carbocycles. The van der Waals surface area contributed by atoms with Gasteiger partial charge in [-0.05, 0) is 30.7 Å². The van der Waals surface area contributed by atoms with E-state index in [1.807, 2.05) is 0 Å². The summed E-state index contributed by atoms with van der Waals surface area (Å²) in [6.07, 6.45) is 2.81. The molecule has 0 saturated carbocycles. The minimum atomic E-state index is -0.996. The van der Waals surface area contributed by atoms with Crippen molar-refractivity contribution in [2.45, 2.75) is 19.4 Å². The minimum absolute atomic E-state index is 0.140. The molecule has 4 N–H and O–H groups in total. The van der Waals surface area contributed by atoms with Gasteiger partial charge in [0.25, 0.3) is 0 Å². The molecule has 1 amide bonds. The van der Waals surface area contributed by atoms with E-state index in [1.165, 1.54) is 6.08 Å². The number of hydrogen-bond donors (Lipinski definition) is 3. The molecule has 5 nitrogen and oxygen atoms in total. The lowest BCUT2D eigenvalue weighted by atomic mass is 10.2. The van der Waals surface area contributed by atoms with Crippen molar-refractivity contribution in [1.82, 2.24) is 0 Å². The maximum Gasteiger partial charge on any atom is 0.328 e. The summed E-state index contributed by atoms with van der Waals surface area (Å²) >= 11 is 0. The van der Waals surface area contributed by atoms with Crippen molar-refractivity contribution in [3.8, 4) is 0 Å². The highest BCUT2D eigenvalue weighted by atomic mass is 16.4. The van der Waals surface area contributed by atoms with Gasteiger partial charge in [0, 0.05) is 24.2 Å². The molecule has 5 heteroatoms. The van der Waals surface area contributed by atoms with Gasteiger partial charge in [0.05, 0.1) is 0 Å². The van der Waals surface area contributed by atoms with Gasteiger partial charge in [-0.2, -0.15) is 0 Å². The van der Waals surface area contributed by atoms with E-state index in [9.17, 15) is 9.59 Å². The molecule has 96 valence electrons. The molecule has 1 rings (SSSR count). The van der Waals surface area contributed by atoms with Crippen molar-refractivity contribution in [2.24, 2.45) is 5.73 Å². The first kappa shape index (κ1) is 13.9. The molecule has 0 bridgehead atoms. The summed E-state index contributed by atoms with van der Waals surface area (Å²) in [6.45, 7) is 1.76. The topological polar surface area (TPSA) is 92.4 Å². The monoisotopic (exact) mass is 248 g/mol. The average Bonchev–Trinajstić information content (AvgIpc) is 2.26. The first-order valence-corrected chi connectivity index (χ1v) is 5.54. The highest BCUT2D eigenvalue weighted by Crippen LogP contribution is 2.11. The van der Waals surface area contributed by atoms with Crippen LogP contribution >= 0.6 is 0 Å². The summed E-state index contributed by atoms with van der Waals surface area (Å²) in [6, 6.07) is 6.69. The fourth-order valence-electron chi connectivity index (χ4n) is 1.35. The number of aliphatic carboxylic acids is 1. The Labute approximate surface area is 105 Å². The van der Waals surface area contributed by atoms with Gasteiger partial charge in [-0.3, -0.25) is 4.79 Å². The fourth-order valence-corrected chi connectivity index (χ4v) is 1.35. The van der Waals surface area contributed by atoms with Gasteiger partial charge in [-0.15, -0.1) is 0 Å². The Balaban J connectivity index is 2.60. The molecule has 0 fully saturated rings. The van der Waals surface area contributed by atoms with Crippen LogP contribution in [-0.4, -0.2) is 23.0 Å². The fraction of sp³-hybridized carbons (Fsp3) is 0.231. The molecule has 0 saturated heterocycles. The number of anilines is 1. The van der Waals surface area contributed by atoms with Crippen molar-refractivity contribution < 1.29 is 14.7 Å². The van der Waals surface area contributed by atoms with E-state index in [0.717, 1.165) is 11.6 Å². The Kier molecular flexibility index (Phi) is 5.07. The van der Waals surface area contributed by atoms with E-state index < -0.39 is 5.97 Å². The first-order chi connectivity index (χ1) is 8.47. The number of hydrogen-bond acceptors (Lipinski definition) is 3. The van der Waals surface area contributed by atoms with Crippen molar-refractivity contribution in [3.63, 3.8) is 0 Å². The van der Waals surface area contributed by atoms with Crippen molar-refractivity contribution >= 4 is 23.6 Å². The maximum absolute atomic E-state index is 11.4. The van der Waals surface area contributed by atoms with Gasteiger partial charge in [0.1, 0.15) is 0 Å². The van der Waals surface area contributed by atoms with E-state index in [-0.39, 0.29) is 18.4 Å². The predicted octanol–water partition coefficient (Wildman–Crippen LogP) is 1.46. The van der Waals surface area contributed by atoms with Crippen LogP contribution < -0.4 is 11.1 Å². The molecule has 0 aliphatic heterocycles. The second-order valence-electron chi connectivity index (χ2n) is 4.02. The second kappa shape index (κ2) is 6.56. The molecular weight excluding hydrogens is 232 g/mol. The Hall–Kier alpha value is -2.14. The van der Waals surface area contributed by atoms with Crippen LogP contribution in [0.1, 0.15) is 18.9 Å². The number of carboxylic acids is 1. The quantitative estimate of drug-likeness (QED) is 0.688. The number of nitrogens with two attached hydrogens (primary N) is 1. The minimum Gasteiger partial charge on any atom is -0.478 e. The van der Waals surface area contributed by atoms with Crippen LogP contribution in [-0.2, 0) is 9.59 Å². The average molecular weight is 248 g/mol. The van der Waals surface area contributed by atoms with Crippen LogP contribution in [0.2, 0.25) is 0 Å². The Morgan fingerprint density at radius 1 is 1.39 bits per heavy atom. The zero-order valence-electron chi connectivity index (χ0n) is 10.1. The molecule has 1 aromatic rings. The maximum atomic E-state index is 11.4. The normalized spacial score (nSPS) is 12.3. The number of carboxylic acid groups (broad SMARTS) is 1.